The molecule has 286 valence electrons. The number of aromatic hydroxyl groups is 2. The maximum absolute atomic E-state index is 14.2. The Hall–Kier alpha value is -3.71. The molecule has 0 saturated carbocycles. The highest BCUT2D eigenvalue weighted by Gasteiger charge is 2.50. The highest BCUT2D eigenvalue weighted by atomic mass is 16.8. The summed E-state index contributed by atoms with van der Waals surface area (Å²) in [5, 5.41) is 123. The van der Waals surface area contributed by atoms with E-state index < -0.39 is 128 Å². The lowest BCUT2D eigenvalue weighted by Gasteiger charge is -2.44. The molecule has 4 heterocycles. The largest absolute Gasteiger partial charge is 0.508 e. The Morgan fingerprint density at radius 3 is 1.96 bits per heavy atom. The number of benzene rings is 2. The van der Waals surface area contributed by atoms with Gasteiger partial charge in [0.05, 0.1) is 19.8 Å². The van der Waals surface area contributed by atoms with Gasteiger partial charge in [-0.15, -0.1) is 0 Å². The Labute approximate surface area is 292 Å². The molecule has 20 heteroatoms. The van der Waals surface area contributed by atoms with Crippen LogP contribution in [0.3, 0.4) is 0 Å². The molecule has 0 radical (unpaired) electrons. The van der Waals surface area contributed by atoms with Gasteiger partial charge in [0.25, 0.3) is 0 Å². The minimum Gasteiger partial charge on any atom is -0.508 e. The van der Waals surface area contributed by atoms with Gasteiger partial charge in [-0.3, -0.25) is 4.79 Å². The van der Waals surface area contributed by atoms with Crippen molar-refractivity contribution in [3.63, 3.8) is 0 Å². The van der Waals surface area contributed by atoms with Gasteiger partial charge in [-0.25, -0.2) is 0 Å². The zero-order valence-corrected chi connectivity index (χ0v) is 26.8. The second-order valence-corrected chi connectivity index (χ2v) is 12.4. The molecule has 3 aliphatic rings. The third-order valence-corrected chi connectivity index (χ3v) is 8.94. The molecule has 12 N–H and O–H groups in total. The summed E-state index contributed by atoms with van der Waals surface area (Å²) in [5.41, 5.74) is -1.30. The van der Waals surface area contributed by atoms with Gasteiger partial charge in [0.1, 0.15) is 89.3 Å². The summed E-state index contributed by atoms with van der Waals surface area (Å²) >= 11 is 0. The third kappa shape index (κ3) is 7.14. The van der Waals surface area contributed by atoms with E-state index in [1.165, 1.54) is 24.3 Å². The highest BCUT2D eigenvalue weighted by Crippen LogP contribution is 2.39. The van der Waals surface area contributed by atoms with Gasteiger partial charge in [-0.05, 0) is 24.3 Å². The van der Waals surface area contributed by atoms with Crippen molar-refractivity contribution in [1.82, 2.24) is 0 Å². The number of aliphatic hydroxyl groups excluding tert-OH is 10. The molecule has 3 fully saturated rings. The predicted molar refractivity (Wildman–Crippen MR) is 167 cm³/mol. The molecule has 3 saturated heterocycles. The quantitative estimate of drug-likeness (QED) is 0.0986. The number of hydrogen-bond acceptors (Lipinski definition) is 20. The van der Waals surface area contributed by atoms with Crippen molar-refractivity contribution in [2.75, 3.05) is 19.8 Å². The van der Waals surface area contributed by atoms with Crippen molar-refractivity contribution in [3.05, 3.63) is 46.6 Å². The molecule has 52 heavy (non-hydrogen) atoms. The molecule has 1 aromatic heterocycles. The van der Waals surface area contributed by atoms with E-state index in [9.17, 15) is 66.1 Å². The second-order valence-electron chi connectivity index (χ2n) is 12.4. The molecule has 14 atom stereocenters. The first-order valence-electron chi connectivity index (χ1n) is 15.9. The summed E-state index contributed by atoms with van der Waals surface area (Å²) in [5.74, 6) is -2.26. The number of fused-ring (bicyclic) bond motifs is 1. The van der Waals surface area contributed by atoms with E-state index in [0.717, 1.165) is 12.1 Å². The standard InChI is InChI=1S/C32H38O20/c33-7-16-20(39)23(42)26(45)31(49-16)47-12-5-13(36)18-15(6-12)48-27(10-1-3-11(35)4-2-10)28(22(18)41)51-32-29(24(43)21(40)17(8-34)50-32)52-30-25(44)19(38)14(37)9-46-30/h1-6,14,16-17,19-21,23-26,29-40,42-45H,7-9H2/t14-,16-,17-,19-,20-,21-,23-,24-,25-,26-,29-,30+,31-,32+/m0/s1. The second kappa shape index (κ2) is 15.3. The van der Waals surface area contributed by atoms with Crippen LogP contribution in [-0.2, 0) is 18.9 Å². The van der Waals surface area contributed by atoms with E-state index >= 15 is 0 Å². The van der Waals surface area contributed by atoms with Crippen LogP contribution < -0.4 is 14.9 Å². The van der Waals surface area contributed by atoms with Crippen LogP contribution in [-0.4, -0.2) is 167 Å². The van der Waals surface area contributed by atoms with Crippen LogP contribution in [0.15, 0.2) is 45.6 Å². The van der Waals surface area contributed by atoms with Crippen LogP contribution >= 0.6 is 0 Å². The third-order valence-electron chi connectivity index (χ3n) is 8.94. The topological polar surface area (TPSA) is 328 Å². The van der Waals surface area contributed by atoms with Crippen molar-refractivity contribution in [3.8, 4) is 34.3 Å². The maximum Gasteiger partial charge on any atom is 0.239 e. The Kier molecular flexibility index (Phi) is 11.2. The first-order valence-corrected chi connectivity index (χ1v) is 15.9. The SMILES string of the molecule is O=c1c(O[C@H]2O[C@@H](CO)[C@H](O)[C@H](O)[C@@H]2O[C@H]2OC[C@H](O)[C@H](O)[C@@H]2O)c(-c2ccc(O)cc2)oc2cc(O[C@H]3O[C@@H](CO)[C@H](O)[C@H](O)[C@@H]3O)cc(O)c12. The van der Waals surface area contributed by atoms with E-state index in [4.69, 9.17) is 32.8 Å². The van der Waals surface area contributed by atoms with Crippen LogP contribution in [0.1, 0.15) is 0 Å². The van der Waals surface area contributed by atoms with E-state index in [0.29, 0.717) is 0 Å². The zero-order chi connectivity index (χ0) is 37.6. The van der Waals surface area contributed by atoms with E-state index in [2.05, 4.69) is 0 Å². The van der Waals surface area contributed by atoms with Gasteiger partial charge in [0.15, 0.2) is 18.2 Å². The van der Waals surface area contributed by atoms with Crippen molar-refractivity contribution in [2.24, 2.45) is 0 Å². The van der Waals surface area contributed by atoms with Gasteiger partial charge in [0.2, 0.25) is 23.8 Å². The number of phenolic OH excluding ortho intramolecular Hbond substituents is 2. The average Bonchev–Trinajstić information content (AvgIpc) is 3.12. The molecule has 0 aliphatic carbocycles. The average molecular weight is 743 g/mol. The lowest BCUT2D eigenvalue weighted by atomic mass is 9.98. The normalized spacial score (nSPS) is 36.8. The fourth-order valence-electron chi connectivity index (χ4n) is 6.00. The lowest BCUT2D eigenvalue weighted by Crippen LogP contribution is -2.64. The number of aliphatic hydroxyl groups is 10. The summed E-state index contributed by atoms with van der Waals surface area (Å²) in [6.07, 6.45) is -24.0. The van der Waals surface area contributed by atoms with Gasteiger partial charge < -0.3 is 94.1 Å². The van der Waals surface area contributed by atoms with Crippen molar-refractivity contribution in [1.29, 1.82) is 0 Å². The minimum absolute atomic E-state index is 0.0993. The Bertz CT molecular complexity index is 1750. The summed E-state index contributed by atoms with van der Waals surface area (Å²) in [4.78, 5) is 14.2. The van der Waals surface area contributed by atoms with Crippen LogP contribution in [0, 0.1) is 0 Å². The summed E-state index contributed by atoms with van der Waals surface area (Å²) in [6, 6.07) is 7.17. The summed E-state index contributed by atoms with van der Waals surface area (Å²) < 4.78 is 39.5. The number of rotatable bonds is 9. The number of phenols is 2. The molecular formula is C32H38O20. The maximum atomic E-state index is 14.2. The molecule has 6 rings (SSSR count). The Balaban J connectivity index is 1.41. The van der Waals surface area contributed by atoms with Crippen molar-refractivity contribution < 1.29 is 94.1 Å². The predicted octanol–water partition coefficient (Wildman–Crippen LogP) is -4.31. The molecule has 3 aromatic rings. The van der Waals surface area contributed by atoms with Crippen molar-refractivity contribution in [2.45, 2.75) is 86.0 Å². The highest BCUT2D eigenvalue weighted by molar-refractivity contribution is 5.88. The van der Waals surface area contributed by atoms with Gasteiger partial charge in [0, 0.05) is 17.7 Å². The van der Waals surface area contributed by atoms with Crippen molar-refractivity contribution >= 4 is 11.0 Å². The molecular weight excluding hydrogens is 704 g/mol. The molecule has 0 spiro atoms. The Morgan fingerprint density at radius 2 is 1.31 bits per heavy atom. The molecule has 0 bridgehead atoms. The first kappa shape index (κ1) is 38.0. The van der Waals surface area contributed by atoms with Gasteiger partial charge in [-0.1, -0.05) is 0 Å². The first-order chi connectivity index (χ1) is 24.7. The van der Waals surface area contributed by atoms with Crippen LogP contribution in [0.25, 0.3) is 22.3 Å². The molecule has 0 unspecified atom stereocenters. The molecule has 20 nitrogen and oxygen atoms in total. The van der Waals surface area contributed by atoms with Gasteiger partial charge >= 0.3 is 0 Å². The van der Waals surface area contributed by atoms with Crippen LogP contribution in [0.2, 0.25) is 0 Å². The molecule has 2 aromatic carbocycles. The number of ether oxygens (including phenoxy) is 6. The van der Waals surface area contributed by atoms with E-state index in [-0.39, 0.29) is 28.4 Å². The Morgan fingerprint density at radius 1 is 0.692 bits per heavy atom. The molecule has 0 amide bonds. The fraction of sp³-hybridized carbons (Fsp3) is 0.531. The summed E-state index contributed by atoms with van der Waals surface area (Å²) in [6.45, 7) is -2.10. The van der Waals surface area contributed by atoms with E-state index in [1.807, 2.05) is 0 Å². The summed E-state index contributed by atoms with van der Waals surface area (Å²) in [7, 11) is 0. The smallest absolute Gasteiger partial charge is 0.239 e. The molecule has 3 aliphatic heterocycles. The lowest BCUT2D eigenvalue weighted by molar-refractivity contribution is -0.345. The van der Waals surface area contributed by atoms with Crippen LogP contribution in [0.4, 0.5) is 0 Å². The van der Waals surface area contributed by atoms with E-state index in [1.54, 1.807) is 0 Å². The minimum atomic E-state index is -1.93. The van der Waals surface area contributed by atoms with Gasteiger partial charge in [-0.2, -0.15) is 0 Å². The fourth-order valence-corrected chi connectivity index (χ4v) is 6.00. The monoisotopic (exact) mass is 742 g/mol. The zero-order valence-electron chi connectivity index (χ0n) is 26.8. The number of hydrogen-bond donors (Lipinski definition) is 12. The van der Waals surface area contributed by atoms with Crippen LogP contribution in [0.5, 0.6) is 23.0 Å².